The second-order valence-corrected chi connectivity index (χ2v) is 6.13. The molecule has 3 N–H and O–H groups in total. The number of nitrogens with two attached hydrogens (primary N) is 1. The van der Waals surface area contributed by atoms with E-state index >= 15 is 0 Å². The molecule has 1 aromatic heterocycles. The second kappa shape index (κ2) is 5.16. The minimum atomic E-state index is 0.139. The molecule has 0 saturated heterocycles. The molecule has 4 unspecified atom stereocenters. The summed E-state index contributed by atoms with van der Waals surface area (Å²) < 4.78 is 0. The van der Waals surface area contributed by atoms with Crippen molar-refractivity contribution in [3.63, 3.8) is 0 Å². The molecule has 0 spiro atoms. The summed E-state index contributed by atoms with van der Waals surface area (Å²) >= 11 is 0. The first-order valence-corrected chi connectivity index (χ1v) is 7.52. The Morgan fingerprint density at radius 2 is 2.20 bits per heavy atom. The molecule has 110 valence electrons. The average Bonchev–Trinajstić information content (AvgIpc) is 2.96. The molecule has 20 heavy (non-hydrogen) atoms. The van der Waals surface area contributed by atoms with E-state index < -0.39 is 0 Å². The molecule has 0 aliphatic heterocycles. The van der Waals surface area contributed by atoms with Crippen molar-refractivity contribution in [3.05, 3.63) is 11.4 Å². The topological polar surface area (TPSA) is 85.8 Å². The number of hydrogen-bond acceptors (Lipinski definition) is 4. The summed E-state index contributed by atoms with van der Waals surface area (Å²) in [5.74, 6) is 1.55. The normalized spacial score (nSPS) is 31.8. The van der Waals surface area contributed by atoms with Crippen molar-refractivity contribution >= 4 is 5.91 Å². The standard InChI is InChI=1S/C14H23N5O/c1-3-19-17-8(2)13(18-19)7-16-14(20)10-4-9-6-12(15)11(9)5-10/h9-12H,3-7,15H2,1-2H3,(H,16,20). The molecule has 1 amide bonds. The van der Waals surface area contributed by atoms with E-state index in [9.17, 15) is 4.79 Å². The molecule has 2 aliphatic rings. The quantitative estimate of drug-likeness (QED) is 0.843. The lowest BCUT2D eigenvalue weighted by molar-refractivity contribution is -0.125. The van der Waals surface area contributed by atoms with Gasteiger partial charge in [-0.15, -0.1) is 0 Å². The third-order valence-electron chi connectivity index (χ3n) is 4.88. The van der Waals surface area contributed by atoms with Gasteiger partial charge in [0.05, 0.1) is 18.8 Å². The van der Waals surface area contributed by atoms with Gasteiger partial charge in [0, 0.05) is 12.0 Å². The van der Waals surface area contributed by atoms with Gasteiger partial charge in [-0.3, -0.25) is 4.79 Å². The minimum absolute atomic E-state index is 0.139. The third-order valence-corrected chi connectivity index (χ3v) is 4.88. The number of aromatic nitrogens is 3. The van der Waals surface area contributed by atoms with E-state index in [0.29, 0.717) is 24.4 Å². The summed E-state index contributed by atoms with van der Waals surface area (Å²) in [6, 6.07) is 0.324. The monoisotopic (exact) mass is 277 g/mol. The van der Waals surface area contributed by atoms with Crippen molar-refractivity contribution in [3.8, 4) is 0 Å². The van der Waals surface area contributed by atoms with Crippen LogP contribution >= 0.6 is 0 Å². The van der Waals surface area contributed by atoms with E-state index in [1.54, 1.807) is 4.80 Å². The maximum Gasteiger partial charge on any atom is 0.223 e. The zero-order valence-electron chi connectivity index (χ0n) is 12.2. The van der Waals surface area contributed by atoms with Crippen LogP contribution < -0.4 is 11.1 Å². The van der Waals surface area contributed by atoms with Crippen molar-refractivity contribution < 1.29 is 4.79 Å². The van der Waals surface area contributed by atoms with Crippen LogP contribution in [0.25, 0.3) is 0 Å². The van der Waals surface area contributed by atoms with Crippen molar-refractivity contribution in [1.29, 1.82) is 0 Å². The van der Waals surface area contributed by atoms with E-state index in [4.69, 9.17) is 5.73 Å². The molecular formula is C14H23N5O. The lowest BCUT2D eigenvalue weighted by Gasteiger charge is -2.37. The smallest absolute Gasteiger partial charge is 0.223 e. The largest absolute Gasteiger partial charge is 0.350 e. The molecule has 0 aromatic carbocycles. The summed E-state index contributed by atoms with van der Waals surface area (Å²) in [5, 5.41) is 11.6. The van der Waals surface area contributed by atoms with Crippen LogP contribution in [0.1, 0.15) is 37.6 Å². The zero-order chi connectivity index (χ0) is 14.3. The number of carbonyl (C=O) groups excluding carboxylic acids is 1. The Bertz CT molecular complexity index is 512. The molecule has 1 aromatic rings. The number of amides is 1. The first-order chi connectivity index (χ1) is 9.58. The van der Waals surface area contributed by atoms with Crippen LogP contribution in [0.2, 0.25) is 0 Å². The first kappa shape index (κ1) is 13.5. The fraction of sp³-hybridized carbons (Fsp3) is 0.786. The molecule has 4 atom stereocenters. The lowest BCUT2D eigenvalue weighted by atomic mass is 9.72. The van der Waals surface area contributed by atoms with E-state index in [1.807, 2.05) is 13.8 Å². The fourth-order valence-electron chi connectivity index (χ4n) is 3.58. The summed E-state index contributed by atoms with van der Waals surface area (Å²) in [6.45, 7) is 5.15. The minimum Gasteiger partial charge on any atom is -0.350 e. The maximum atomic E-state index is 12.2. The highest BCUT2D eigenvalue weighted by Crippen LogP contribution is 2.48. The predicted molar refractivity (Wildman–Crippen MR) is 74.6 cm³/mol. The van der Waals surface area contributed by atoms with Gasteiger partial charge in [0.15, 0.2) is 0 Å². The van der Waals surface area contributed by atoms with Crippen LogP contribution in [0.15, 0.2) is 0 Å². The number of nitrogens with one attached hydrogen (secondary N) is 1. The molecule has 0 bridgehead atoms. The van der Waals surface area contributed by atoms with Crippen LogP contribution in [-0.4, -0.2) is 26.9 Å². The molecular weight excluding hydrogens is 254 g/mol. The van der Waals surface area contributed by atoms with Crippen molar-refractivity contribution in [2.75, 3.05) is 0 Å². The Kier molecular flexibility index (Phi) is 3.50. The van der Waals surface area contributed by atoms with Crippen molar-refractivity contribution in [1.82, 2.24) is 20.3 Å². The number of carbonyl (C=O) groups is 1. The zero-order valence-corrected chi connectivity index (χ0v) is 12.2. The summed E-state index contributed by atoms with van der Waals surface area (Å²) in [7, 11) is 0. The van der Waals surface area contributed by atoms with Crippen LogP contribution in [0.3, 0.4) is 0 Å². The van der Waals surface area contributed by atoms with Gasteiger partial charge in [-0.2, -0.15) is 15.0 Å². The van der Waals surface area contributed by atoms with Gasteiger partial charge in [0.25, 0.3) is 0 Å². The highest BCUT2D eigenvalue weighted by Gasteiger charge is 2.47. The van der Waals surface area contributed by atoms with Crippen LogP contribution in [0, 0.1) is 24.7 Å². The van der Waals surface area contributed by atoms with Gasteiger partial charge in [-0.1, -0.05) is 0 Å². The Morgan fingerprint density at radius 1 is 1.40 bits per heavy atom. The number of aryl methyl sites for hydroxylation is 2. The summed E-state index contributed by atoms with van der Waals surface area (Å²) in [4.78, 5) is 13.9. The second-order valence-electron chi connectivity index (χ2n) is 6.13. The van der Waals surface area contributed by atoms with Gasteiger partial charge < -0.3 is 11.1 Å². The van der Waals surface area contributed by atoms with E-state index in [1.165, 1.54) is 0 Å². The maximum absolute atomic E-state index is 12.2. The highest BCUT2D eigenvalue weighted by atomic mass is 16.1. The van der Waals surface area contributed by atoms with E-state index in [2.05, 4.69) is 15.5 Å². The average molecular weight is 277 g/mol. The van der Waals surface area contributed by atoms with Crippen LogP contribution in [0.5, 0.6) is 0 Å². The number of rotatable bonds is 4. The Hall–Kier alpha value is -1.43. The SMILES string of the molecule is CCn1nc(C)c(CNC(=O)C2CC3CC(N)C3C2)n1. The van der Waals surface area contributed by atoms with Gasteiger partial charge in [0.1, 0.15) is 5.69 Å². The molecule has 2 saturated carbocycles. The van der Waals surface area contributed by atoms with Crippen LogP contribution in [-0.2, 0) is 17.9 Å². The van der Waals surface area contributed by atoms with Crippen LogP contribution in [0.4, 0.5) is 0 Å². The Balaban J connectivity index is 1.53. The third kappa shape index (κ3) is 2.32. The molecule has 2 fully saturated rings. The summed E-state index contributed by atoms with van der Waals surface area (Å²) in [5.41, 5.74) is 7.72. The first-order valence-electron chi connectivity index (χ1n) is 7.52. The number of hydrogen-bond donors (Lipinski definition) is 2. The molecule has 6 heteroatoms. The van der Waals surface area contributed by atoms with Crippen molar-refractivity contribution in [2.24, 2.45) is 23.5 Å². The van der Waals surface area contributed by atoms with Gasteiger partial charge >= 0.3 is 0 Å². The van der Waals surface area contributed by atoms with Gasteiger partial charge in [-0.25, -0.2) is 0 Å². The molecule has 3 rings (SSSR count). The lowest BCUT2D eigenvalue weighted by Crippen LogP contribution is -2.44. The number of nitrogens with zero attached hydrogens (tertiary/aromatic N) is 3. The number of fused-ring (bicyclic) bond motifs is 1. The highest BCUT2D eigenvalue weighted by molar-refractivity contribution is 5.79. The van der Waals surface area contributed by atoms with Gasteiger partial charge in [-0.05, 0) is 44.9 Å². The van der Waals surface area contributed by atoms with E-state index in [0.717, 1.165) is 37.2 Å². The molecule has 2 aliphatic carbocycles. The predicted octanol–water partition coefficient (Wildman–Crippen LogP) is 0.596. The molecule has 1 heterocycles. The molecule has 6 nitrogen and oxygen atoms in total. The summed E-state index contributed by atoms with van der Waals surface area (Å²) in [6.07, 6.45) is 3.06. The van der Waals surface area contributed by atoms with Gasteiger partial charge in [0.2, 0.25) is 5.91 Å². The Labute approximate surface area is 119 Å². The van der Waals surface area contributed by atoms with Crippen molar-refractivity contribution in [2.45, 2.75) is 52.2 Å². The van der Waals surface area contributed by atoms with E-state index in [-0.39, 0.29) is 11.8 Å². The fourth-order valence-corrected chi connectivity index (χ4v) is 3.58. The Morgan fingerprint density at radius 3 is 2.80 bits per heavy atom. The molecule has 0 radical (unpaired) electrons.